The molecule has 0 aliphatic carbocycles. The zero-order valence-electron chi connectivity index (χ0n) is 17.1. The third kappa shape index (κ3) is 3.56. The van der Waals surface area contributed by atoms with Crippen LogP contribution < -0.4 is 10.5 Å². The van der Waals surface area contributed by atoms with Crippen LogP contribution in [0.1, 0.15) is 21.6 Å². The first-order valence-electron chi connectivity index (χ1n) is 10.0. The van der Waals surface area contributed by atoms with Crippen LogP contribution in [0, 0.1) is 5.82 Å². The largest absolute Gasteiger partial charge is 0.434 e. The average Bonchev–Trinajstić information content (AvgIpc) is 3.24. The molecule has 5 rings (SSSR count). The molecule has 3 aromatic heterocycles. The number of aromatic nitrogens is 3. The van der Waals surface area contributed by atoms with Crippen molar-refractivity contribution in [3.8, 4) is 11.1 Å². The number of nitrogens with zero attached hydrogens (tertiary/aromatic N) is 4. The minimum absolute atomic E-state index is 0.101. The van der Waals surface area contributed by atoms with Gasteiger partial charge in [-0.1, -0.05) is 12.1 Å². The van der Waals surface area contributed by atoms with Crippen LogP contribution in [0.3, 0.4) is 0 Å². The second kappa shape index (κ2) is 8.01. The van der Waals surface area contributed by atoms with Crippen molar-refractivity contribution < 1.29 is 22.4 Å². The molecule has 1 amide bonds. The molecule has 1 aliphatic rings. The molecule has 0 bridgehead atoms. The highest BCUT2D eigenvalue weighted by molar-refractivity contribution is 9.10. The van der Waals surface area contributed by atoms with Crippen molar-refractivity contribution in [1.29, 1.82) is 0 Å². The monoisotopic (exact) mass is 532 g/mol. The van der Waals surface area contributed by atoms with Crippen molar-refractivity contribution in [2.24, 2.45) is 0 Å². The standard InChI is InChI=1S/C23H13BrF4N4O2/c24-17-18(23(26,27)28)30-20-14(4-2-9-31(20)22(17)34)13-5-6-15(16(25)11-13)21(33)32-10-7-12-3-1-8-29-19(12)32/h1-6,8-9,11H,7,10H2. The number of anilines is 1. The van der Waals surface area contributed by atoms with Gasteiger partial charge in [0.15, 0.2) is 5.69 Å². The first kappa shape index (κ1) is 22.2. The van der Waals surface area contributed by atoms with E-state index in [0.29, 0.717) is 18.8 Å². The number of pyridine rings is 2. The fraction of sp³-hybridized carbons (Fsp3) is 0.130. The first-order valence-corrected chi connectivity index (χ1v) is 10.8. The molecule has 0 N–H and O–H groups in total. The number of hydrogen-bond donors (Lipinski definition) is 0. The smallest absolute Gasteiger partial charge is 0.292 e. The van der Waals surface area contributed by atoms with Gasteiger partial charge < -0.3 is 0 Å². The molecular formula is C23H13BrF4N4O2. The molecule has 0 unspecified atom stereocenters. The van der Waals surface area contributed by atoms with Crippen LogP contribution in [-0.4, -0.2) is 26.8 Å². The molecule has 34 heavy (non-hydrogen) atoms. The summed E-state index contributed by atoms with van der Waals surface area (Å²) in [7, 11) is 0. The van der Waals surface area contributed by atoms with Gasteiger partial charge in [0.1, 0.15) is 21.8 Å². The lowest BCUT2D eigenvalue weighted by Gasteiger charge is -2.17. The summed E-state index contributed by atoms with van der Waals surface area (Å²) in [5.74, 6) is -0.958. The third-order valence-corrected chi connectivity index (χ3v) is 6.27. The van der Waals surface area contributed by atoms with Crippen LogP contribution >= 0.6 is 15.9 Å². The van der Waals surface area contributed by atoms with Crippen LogP contribution in [-0.2, 0) is 12.6 Å². The minimum Gasteiger partial charge on any atom is -0.292 e. The molecule has 0 saturated carbocycles. The Morgan fingerprint density at radius 3 is 2.65 bits per heavy atom. The molecular weight excluding hydrogens is 520 g/mol. The van der Waals surface area contributed by atoms with E-state index < -0.39 is 33.6 Å². The molecule has 0 spiro atoms. The summed E-state index contributed by atoms with van der Waals surface area (Å²) in [6.07, 6.45) is -1.46. The maximum Gasteiger partial charge on any atom is 0.434 e. The Hall–Kier alpha value is -3.60. The molecule has 0 fully saturated rings. The Labute approximate surface area is 197 Å². The summed E-state index contributed by atoms with van der Waals surface area (Å²) in [4.78, 5) is 34.7. The Balaban J connectivity index is 1.59. The van der Waals surface area contributed by atoms with Crippen LogP contribution in [0.2, 0.25) is 0 Å². The molecule has 0 saturated heterocycles. The number of alkyl halides is 3. The van der Waals surface area contributed by atoms with Gasteiger partial charge in [0.2, 0.25) is 0 Å². The molecule has 4 heterocycles. The van der Waals surface area contributed by atoms with Crippen molar-refractivity contribution in [1.82, 2.24) is 14.4 Å². The summed E-state index contributed by atoms with van der Waals surface area (Å²) in [5, 5.41) is 0. The van der Waals surface area contributed by atoms with Gasteiger partial charge in [0.25, 0.3) is 11.5 Å². The van der Waals surface area contributed by atoms with E-state index in [-0.39, 0.29) is 22.3 Å². The highest BCUT2D eigenvalue weighted by atomic mass is 79.9. The third-order valence-electron chi connectivity index (χ3n) is 5.55. The number of carbonyl (C=O) groups excluding carboxylic acids is 1. The lowest BCUT2D eigenvalue weighted by Crippen LogP contribution is -2.30. The van der Waals surface area contributed by atoms with E-state index >= 15 is 4.39 Å². The molecule has 1 aliphatic heterocycles. The Morgan fingerprint density at radius 1 is 1.12 bits per heavy atom. The number of hydrogen-bond acceptors (Lipinski definition) is 4. The zero-order chi connectivity index (χ0) is 24.2. The summed E-state index contributed by atoms with van der Waals surface area (Å²) in [6.45, 7) is 0.359. The predicted molar refractivity (Wildman–Crippen MR) is 119 cm³/mol. The second-order valence-electron chi connectivity index (χ2n) is 7.58. The van der Waals surface area contributed by atoms with Gasteiger partial charge in [-0.15, -0.1) is 0 Å². The summed E-state index contributed by atoms with van der Waals surface area (Å²) in [5.41, 5.74) is -1.68. The van der Waals surface area contributed by atoms with Gasteiger partial charge in [-0.25, -0.2) is 14.4 Å². The van der Waals surface area contributed by atoms with E-state index in [4.69, 9.17) is 0 Å². The molecule has 4 aromatic rings. The van der Waals surface area contributed by atoms with E-state index in [9.17, 15) is 22.8 Å². The molecule has 6 nitrogen and oxygen atoms in total. The zero-order valence-corrected chi connectivity index (χ0v) is 18.7. The minimum atomic E-state index is -4.87. The van der Waals surface area contributed by atoms with Gasteiger partial charge in [-0.2, -0.15) is 13.2 Å². The quantitative estimate of drug-likeness (QED) is 0.345. The Morgan fingerprint density at radius 2 is 1.91 bits per heavy atom. The lowest BCUT2D eigenvalue weighted by atomic mass is 10.0. The number of benzene rings is 1. The van der Waals surface area contributed by atoms with Crippen molar-refractivity contribution >= 4 is 33.3 Å². The topological polar surface area (TPSA) is 67.6 Å². The van der Waals surface area contributed by atoms with E-state index in [2.05, 4.69) is 25.9 Å². The van der Waals surface area contributed by atoms with Crippen molar-refractivity contribution in [2.45, 2.75) is 12.6 Å². The van der Waals surface area contributed by atoms with E-state index in [0.717, 1.165) is 16.0 Å². The molecule has 0 radical (unpaired) electrons. The Kier molecular flexibility index (Phi) is 5.23. The SMILES string of the molecule is O=C(c1ccc(-c2cccn3c(=O)c(Br)c(C(F)(F)F)nc23)cc1F)N1CCc2cccnc21. The van der Waals surface area contributed by atoms with E-state index in [1.165, 1.54) is 35.4 Å². The highest BCUT2D eigenvalue weighted by Gasteiger charge is 2.37. The number of amides is 1. The summed E-state index contributed by atoms with van der Waals surface area (Å²) >= 11 is 2.68. The fourth-order valence-electron chi connectivity index (χ4n) is 3.96. The predicted octanol–water partition coefficient (Wildman–Crippen LogP) is 4.88. The lowest BCUT2D eigenvalue weighted by molar-refractivity contribution is -0.141. The fourth-order valence-corrected chi connectivity index (χ4v) is 4.46. The Bertz CT molecular complexity index is 1530. The summed E-state index contributed by atoms with van der Waals surface area (Å²) < 4.78 is 55.5. The van der Waals surface area contributed by atoms with Gasteiger partial charge in [0.05, 0.1) is 5.56 Å². The van der Waals surface area contributed by atoms with Crippen molar-refractivity contribution in [3.63, 3.8) is 0 Å². The number of rotatable bonds is 2. The molecule has 172 valence electrons. The van der Waals surface area contributed by atoms with Crippen molar-refractivity contribution in [2.75, 3.05) is 11.4 Å². The first-order chi connectivity index (χ1) is 16.2. The average molecular weight is 533 g/mol. The number of fused-ring (bicyclic) bond motifs is 2. The van der Waals surface area contributed by atoms with E-state index in [1.54, 1.807) is 12.3 Å². The molecule has 11 heteroatoms. The van der Waals surface area contributed by atoms with Gasteiger partial charge in [0, 0.05) is 24.5 Å². The number of halogens is 5. The van der Waals surface area contributed by atoms with Crippen LogP contribution in [0.5, 0.6) is 0 Å². The summed E-state index contributed by atoms with van der Waals surface area (Å²) in [6, 6.07) is 10.2. The van der Waals surface area contributed by atoms with Gasteiger partial charge in [-0.3, -0.25) is 18.9 Å². The van der Waals surface area contributed by atoms with Gasteiger partial charge in [-0.05, 0) is 63.8 Å². The van der Waals surface area contributed by atoms with Crippen LogP contribution in [0.25, 0.3) is 16.8 Å². The van der Waals surface area contributed by atoms with Crippen LogP contribution in [0.4, 0.5) is 23.4 Å². The maximum atomic E-state index is 15.1. The van der Waals surface area contributed by atoms with Crippen molar-refractivity contribution in [3.05, 3.63) is 92.3 Å². The second-order valence-corrected chi connectivity index (χ2v) is 8.37. The highest BCUT2D eigenvalue weighted by Crippen LogP contribution is 2.34. The normalized spacial score (nSPS) is 13.4. The number of carbonyl (C=O) groups is 1. The maximum absolute atomic E-state index is 15.1. The van der Waals surface area contributed by atoms with Gasteiger partial charge >= 0.3 is 6.18 Å². The molecule has 1 aromatic carbocycles. The van der Waals surface area contributed by atoms with Crippen LogP contribution in [0.15, 0.2) is 64.1 Å². The molecule has 0 atom stereocenters. The van der Waals surface area contributed by atoms with E-state index in [1.807, 2.05) is 6.07 Å².